The first-order valence-corrected chi connectivity index (χ1v) is 13.4. The normalized spacial score (nSPS) is 32.4. The van der Waals surface area contributed by atoms with E-state index in [0.717, 1.165) is 18.2 Å². The van der Waals surface area contributed by atoms with E-state index in [0.29, 0.717) is 0 Å². The second-order valence-electron chi connectivity index (χ2n) is 10.4. The number of benzene rings is 2. The molecular formula is C28H32O16. The van der Waals surface area contributed by atoms with E-state index in [1.165, 1.54) is 26.2 Å². The number of hydrogen-bond donors (Lipinski definition) is 9. The molecule has 5 rings (SSSR count). The minimum absolute atomic E-state index is 0.00219. The Hall–Kier alpha value is -3.71. The molecule has 2 saturated heterocycles. The third-order valence-electron chi connectivity index (χ3n) is 7.49. The molecule has 240 valence electrons. The van der Waals surface area contributed by atoms with E-state index in [4.69, 9.17) is 28.1 Å². The van der Waals surface area contributed by atoms with E-state index >= 15 is 0 Å². The molecule has 2 aromatic carbocycles. The van der Waals surface area contributed by atoms with Gasteiger partial charge in [0.2, 0.25) is 18.3 Å². The molecule has 16 nitrogen and oxygen atoms in total. The largest absolute Gasteiger partial charge is 0.507 e. The second-order valence-corrected chi connectivity index (χ2v) is 10.4. The third kappa shape index (κ3) is 5.74. The lowest BCUT2D eigenvalue weighted by Crippen LogP contribution is -2.60. The highest BCUT2D eigenvalue weighted by atomic mass is 16.7. The molecule has 44 heavy (non-hydrogen) atoms. The predicted molar refractivity (Wildman–Crippen MR) is 145 cm³/mol. The Balaban J connectivity index is 1.61. The lowest BCUT2D eigenvalue weighted by atomic mass is 9.99. The molecule has 0 aliphatic carbocycles. The summed E-state index contributed by atoms with van der Waals surface area (Å²) in [5.41, 5.74) is -0.740. The minimum Gasteiger partial charge on any atom is -0.507 e. The van der Waals surface area contributed by atoms with Crippen molar-refractivity contribution < 1.29 is 74.1 Å². The molecule has 1 aromatic heterocycles. The number of phenolic OH excluding ortho intramolecular Hbond substituents is 2. The summed E-state index contributed by atoms with van der Waals surface area (Å²) in [6.07, 6.45) is -16.0. The van der Waals surface area contributed by atoms with Crippen molar-refractivity contribution in [3.63, 3.8) is 0 Å². The van der Waals surface area contributed by atoms with Gasteiger partial charge in [0.15, 0.2) is 16.9 Å². The first kappa shape index (κ1) is 31.7. The van der Waals surface area contributed by atoms with Crippen LogP contribution in [-0.2, 0) is 9.47 Å². The molecule has 2 fully saturated rings. The van der Waals surface area contributed by atoms with E-state index in [9.17, 15) is 50.8 Å². The summed E-state index contributed by atoms with van der Waals surface area (Å²) < 4.78 is 33.1. The Morgan fingerprint density at radius 2 is 1.36 bits per heavy atom. The van der Waals surface area contributed by atoms with Crippen LogP contribution < -0.4 is 19.6 Å². The zero-order chi connectivity index (χ0) is 32.0. The van der Waals surface area contributed by atoms with Gasteiger partial charge in [0.1, 0.15) is 71.0 Å². The van der Waals surface area contributed by atoms with Crippen molar-refractivity contribution in [2.24, 2.45) is 0 Å². The van der Waals surface area contributed by atoms with Gasteiger partial charge < -0.3 is 74.1 Å². The molecule has 10 atom stereocenters. The zero-order valence-electron chi connectivity index (χ0n) is 23.3. The molecule has 0 spiro atoms. The fourth-order valence-corrected chi connectivity index (χ4v) is 4.93. The number of methoxy groups -OCH3 is 1. The Morgan fingerprint density at radius 1 is 0.773 bits per heavy atom. The highest BCUT2D eigenvalue weighted by molar-refractivity contribution is 5.86. The lowest BCUT2D eigenvalue weighted by Gasteiger charge is -2.40. The maximum Gasteiger partial charge on any atom is 0.229 e. The predicted octanol–water partition coefficient (Wildman–Crippen LogP) is -1.74. The van der Waals surface area contributed by atoms with Crippen molar-refractivity contribution >= 4 is 11.0 Å². The second kappa shape index (κ2) is 12.4. The van der Waals surface area contributed by atoms with Crippen molar-refractivity contribution in [1.82, 2.24) is 0 Å². The zero-order valence-corrected chi connectivity index (χ0v) is 23.3. The molecule has 0 unspecified atom stereocenters. The Labute approximate surface area is 248 Å². The fourth-order valence-electron chi connectivity index (χ4n) is 4.93. The van der Waals surface area contributed by atoms with E-state index < -0.39 is 96.4 Å². The van der Waals surface area contributed by atoms with Crippen LogP contribution in [0.1, 0.15) is 6.92 Å². The summed E-state index contributed by atoms with van der Waals surface area (Å²) in [7, 11) is 1.34. The van der Waals surface area contributed by atoms with Crippen LogP contribution in [0.4, 0.5) is 0 Å². The van der Waals surface area contributed by atoms with Crippen LogP contribution in [0.3, 0.4) is 0 Å². The first-order chi connectivity index (χ1) is 20.8. The smallest absolute Gasteiger partial charge is 0.229 e. The third-order valence-corrected chi connectivity index (χ3v) is 7.49. The standard InChI is InChI=1S/C28H32O16/c1-9-20(32)23(35)25(37)27(40-9)42-16-3-10(14-7-13(31)19-12(30)5-11(39-2)6-15(19)41-14)4-17(21(16)33)43-28-26(38)24(36)22(34)18(8-29)44-28/h3-7,9,18,20,22-30,32-38H,8H2,1-2H3/t9-,18-,20+,22-,23-,24+,25+,26+,27+,28-/m1/s1. The van der Waals surface area contributed by atoms with Crippen LogP contribution in [0.2, 0.25) is 0 Å². The molecule has 2 aliphatic heterocycles. The molecule has 0 radical (unpaired) electrons. The summed E-state index contributed by atoms with van der Waals surface area (Å²) in [5.74, 6) is -2.09. The van der Waals surface area contributed by atoms with Crippen molar-refractivity contribution in [2.75, 3.05) is 13.7 Å². The van der Waals surface area contributed by atoms with Crippen LogP contribution in [0.25, 0.3) is 22.3 Å². The number of rotatable bonds is 7. The molecule has 0 bridgehead atoms. The maximum atomic E-state index is 13.0. The Morgan fingerprint density at radius 3 is 1.95 bits per heavy atom. The summed E-state index contributed by atoms with van der Waals surface area (Å²) in [6, 6.07) is 5.91. The van der Waals surface area contributed by atoms with Gasteiger partial charge in [-0.2, -0.15) is 0 Å². The van der Waals surface area contributed by atoms with E-state index in [-0.39, 0.29) is 28.0 Å². The van der Waals surface area contributed by atoms with Crippen LogP contribution in [0.15, 0.2) is 39.5 Å². The van der Waals surface area contributed by atoms with E-state index in [1.54, 1.807) is 0 Å². The van der Waals surface area contributed by atoms with Crippen molar-refractivity contribution in [1.29, 1.82) is 0 Å². The van der Waals surface area contributed by atoms with Gasteiger partial charge in [0, 0.05) is 23.8 Å². The number of aliphatic hydroxyl groups is 7. The molecular weight excluding hydrogens is 592 g/mol. The van der Waals surface area contributed by atoms with Gasteiger partial charge in [-0.25, -0.2) is 0 Å². The lowest BCUT2D eigenvalue weighted by molar-refractivity contribution is -0.277. The Bertz CT molecular complexity index is 1550. The monoisotopic (exact) mass is 624 g/mol. The van der Waals surface area contributed by atoms with Crippen molar-refractivity contribution in [2.45, 2.75) is 68.3 Å². The van der Waals surface area contributed by atoms with Crippen LogP contribution in [0.5, 0.6) is 28.7 Å². The van der Waals surface area contributed by atoms with E-state index in [2.05, 4.69) is 0 Å². The van der Waals surface area contributed by atoms with Gasteiger partial charge in [-0.1, -0.05) is 0 Å². The molecule has 0 saturated carbocycles. The number of hydrogen-bond acceptors (Lipinski definition) is 16. The first-order valence-electron chi connectivity index (χ1n) is 13.4. The average molecular weight is 625 g/mol. The minimum atomic E-state index is -1.87. The number of fused-ring (bicyclic) bond motifs is 1. The molecule has 3 aromatic rings. The number of ether oxygens (including phenoxy) is 5. The number of phenols is 2. The van der Waals surface area contributed by atoms with Gasteiger partial charge in [-0.3, -0.25) is 4.79 Å². The van der Waals surface area contributed by atoms with Gasteiger partial charge >= 0.3 is 0 Å². The maximum absolute atomic E-state index is 13.0. The van der Waals surface area contributed by atoms with Crippen LogP contribution >= 0.6 is 0 Å². The highest BCUT2D eigenvalue weighted by Crippen LogP contribution is 2.44. The highest BCUT2D eigenvalue weighted by Gasteiger charge is 2.46. The average Bonchev–Trinajstić information content (AvgIpc) is 3.00. The summed E-state index contributed by atoms with van der Waals surface area (Å²) in [4.78, 5) is 13.0. The summed E-state index contributed by atoms with van der Waals surface area (Å²) in [6.45, 7) is 0.653. The quantitative estimate of drug-likeness (QED) is 0.141. The van der Waals surface area contributed by atoms with Gasteiger partial charge in [0.25, 0.3) is 0 Å². The summed E-state index contributed by atoms with van der Waals surface area (Å²) in [5, 5.41) is 92.3. The topological polar surface area (TPSA) is 258 Å². The number of aliphatic hydroxyl groups excluding tert-OH is 7. The molecule has 0 amide bonds. The number of aromatic hydroxyl groups is 2. The van der Waals surface area contributed by atoms with Crippen molar-refractivity contribution in [3.05, 3.63) is 40.6 Å². The molecule has 3 heterocycles. The van der Waals surface area contributed by atoms with Crippen molar-refractivity contribution in [3.8, 4) is 40.1 Å². The SMILES string of the molecule is COc1cc(O)c2c(=O)cc(-c3cc(O[C@@H]4O[C@H](CO)[C@@H](O)[C@H](O)[C@@H]4O)c(O)c(O[C@@H]4O[C@H](C)[C@H](O)[C@@H](O)[C@@H]4O)c3)oc2c1. The van der Waals surface area contributed by atoms with Gasteiger partial charge in [0.05, 0.1) is 19.8 Å². The van der Waals surface area contributed by atoms with E-state index in [1.807, 2.05) is 0 Å². The summed E-state index contributed by atoms with van der Waals surface area (Å²) >= 11 is 0. The molecule has 9 N–H and O–H groups in total. The Kier molecular flexibility index (Phi) is 8.90. The van der Waals surface area contributed by atoms with Gasteiger partial charge in [-0.05, 0) is 19.1 Å². The van der Waals surface area contributed by atoms with Crippen LogP contribution in [-0.4, -0.2) is 121 Å². The molecule has 16 heteroatoms. The van der Waals surface area contributed by atoms with Crippen LogP contribution in [0, 0.1) is 0 Å². The fraction of sp³-hybridized carbons (Fsp3) is 0.464. The molecule has 2 aliphatic rings. The van der Waals surface area contributed by atoms with Gasteiger partial charge in [-0.15, -0.1) is 0 Å².